The first-order valence-electron chi connectivity index (χ1n) is 8.14. The summed E-state index contributed by atoms with van der Waals surface area (Å²) in [6.45, 7) is 11.0. The highest BCUT2D eigenvalue weighted by Gasteiger charge is 2.24. The monoisotopic (exact) mass is 252 g/mol. The Bertz CT molecular complexity index is 225. The molecule has 1 saturated heterocycles. The largest absolute Gasteiger partial charge is 0.312 e. The highest BCUT2D eigenvalue weighted by atomic mass is 15.2. The van der Waals surface area contributed by atoms with Gasteiger partial charge in [0.25, 0.3) is 0 Å². The van der Waals surface area contributed by atoms with E-state index in [0.717, 1.165) is 23.9 Å². The first kappa shape index (κ1) is 14.3. The molecule has 2 fully saturated rings. The minimum atomic E-state index is 0.721. The van der Waals surface area contributed by atoms with E-state index >= 15 is 0 Å². The molecule has 18 heavy (non-hydrogen) atoms. The fourth-order valence-corrected chi connectivity index (χ4v) is 3.62. The molecule has 1 aliphatic heterocycles. The molecule has 2 rings (SSSR count). The number of rotatable bonds is 5. The zero-order chi connectivity index (χ0) is 13.0. The summed E-state index contributed by atoms with van der Waals surface area (Å²) in [5.41, 5.74) is 0. The minimum Gasteiger partial charge on any atom is -0.312 e. The first-order chi connectivity index (χ1) is 8.66. The van der Waals surface area contributed by atoms with Gasteiger partial charge in [0.15, 0.2) is 0 Å². The Morgan fingerprint density at radius 2 is 1.61 bits per heavy atom. The van der Waals surface area contributed by atoms with Crippen LogP contribution in [0.1, 0.15) is 59.3 Å². The quantitative estimate of drug-likeness (QED) is 0.808. The second kappa shape index (κ2) is 6.91. The lowest BCUT2D eigenvalue weighted by atomic mass is 9.86. The van der Waals surface area contributed by atoms with Crippen LogP contribution in [0.15, 0.2) is 0 Å². The van der Waals surface area contributed by atoms with Gasteiger partial charge < -0.3 is 5.32 Å². The standard InChI is InChI=1S/C16H32N2/c1-13(2)15-8-10-18(11-9-15)14(3)12-17-16-6-4-5-7-16/h13-17H,4-12H2,1-3H3. The van der Waals surface area contributed by atoms with Crippen LogP contribution >= 0.6 is 0 Å². The minimum absolute atomic E-state index is 0.721. The molecule has 0 spiro atoms. The maximum absolute atomic E-state index is 3.77. The van der Waals surface area contributed by atoms with Crippen LogP contribution in [0.5, 0.6) is 0 Å². The third kappa shape index (κ3) is 3.96. The molecule has 2 aliphatic rings. The highest BCUT2D eigenvalue weighted by molar-refractivity contribution is 4.81. The number of nitrogens with one attached hydrogen (secondary N) is 1. The van der Waals surface area contributed by atoms with E-state index in [1.165, 1.54) is 58.2 Å². The lowest BCUT2D eigenvalue weighted by Gasteiger charge is -2.37. The van der Waals surface area contributed by atoms with Crippen molar-refractivity contribution in [2.24, 2.45) is 11.8 Å². The number of hydrogen-bond donors (Lipinski definition) is 1. The van der Waals surface area contributed by atoms with Gasteiger partial charge in [0.1, 0.15) is 0 Å². The van der Waals surface area contributed by atoms with Crippen LogP contribution in [0.4, 0.5) is 0 Å². The van der Waals surface area contributed by atoms with Crippen molar-refractivity contribution < 1.29 is 0 Å². The van der Waals surface area contributed by atoms with Gasteiger partial charge in [0, 0.05) is 18.6 Å². The molecule has 2 heteroatoms. The maximum Gasteiger partial charge on any atom is 0.0192 e. The van der Waals surface area contributed by atoms with E-state index in [1.54, 1.807) is 0 Å². The summed E-state index contributed by atoms with van der Waals surface area (Å²) in [6.07, 6.45) is 8.50. The van der Waals surface area contributed by atoms with Gasteiger partial charge in [-0.2, -0.15) is 0 Å². The molecule has 1 atom stereocenters. The van der Waals surface area contributed by atoms with Gasteiger partial charge in [-0.15, -0.1) is 0 Å². The Labute approximate surface area is 114 Å². The van der Waals surface area contributed by atoms with Crippen molar-refractivity contribution in [3.05, 3.63) is 0 Å². The Morgan fingerprint density at radius 3 is 2.17 bits per heavy atom. The first-order valence-corrected chi connectivity index (χ1v) is 8.14. The van der Waals surface area contributed by atoms with E-state index in [9.17, 15) is 0 Å². The molecular weight excluding hydrogens is 220 g/mol. The van der Waals surface area contributed by atoms with Crippen molar-refractivity contribution in [2.75, 3.05) is 19.6 Å². The van der Waals surface area contributed by atoms with Gasteiger partial charge in [-0.1, -0.05) is 26.7 Å². The van der Waals surface area contributed by atoms with Gasteiger partial charge in [-0.25, -0.2) is 0 Å². The predicted octanol–water partition coefficient (Wildman–Crippen LogP) is 3.28. The van der Waals surface area contributed by atoms with E-state index in [2.05, 4.69) is 31.0 Å². The normalized spacial score (nSPS) is 26.0. The number of nitrogens with zero attached hydrogens (tertiary/aromatic N) is 1. The Morgan fingerprint density at radius 1 is 1.00 bits per heavy atom. The smallest absolute Gasteiger partial charge is 0.0192 e. The Kier molecular flexibility index (Phi) is 5.50. The molecule has 0 aromatic carbocycles. The van der Waals surface area contributed by atoms with Crippen LogP contribution in [0.2, 0.25) is 0 Å². The fraction of sp³-hybridized carbons (Fsp3) is 1.00. The molecular formula is C16H32N2. The van der Waals surface area contributed by atoms with Gasteiger partial charge in [-0.3, -0.25) is 4.90 Å². The van der Waals surface area contributed by atoms with Crippen LogP contribution < -0.4 is 5.32 Å². The molecule has 0 aromatic rings. The van der Waals surface area contributed by atoms with E-state index < -0.39 is 0 Å². The molecule has 1 N–H and O–H groups in total. The van der Waals surface area contributed by atoms with Gasteiger partial charge >= 0.3 is 0 Å². The summed E-state index contributed by atoms with van der Waals surface area (Å²) in [7, 11) is 0. The molecule has 1 unspecified atom stereocenters. The SMILES string of the molecule is CC(C)C1CCN(C(C)CNC2CCCC2)CC1. The second-order valence-electron chi connectivity index (χ2n) is 6.86. The van der Waals surface area contributed by atoms with E-state index in [-0.39, 0.29) is 0 Å². The number of hydrogen-bond acceptors (Lipinski definition) is 2. The van der Waals surface area contributed by atoms with Crippen LogP contribution in [0.25, 0.3) is 0 Å². The second-order valence-corrected chi connectivity index (χ2v) is 6.86. The lowest BCUT2D eigenvalue weighted by molar-refractivity contribution is 0.119. The predicted molar refractivity (Wildman–Crippen MR) is 78.9 cm³/mol. The van der Waals surface area contributed by atoms with Gasteiger partial charge in [-0.05, 0) is 57.5 Å². The number of likely N-dealkylation sites (tertiary alicyclic amines) is 1. The van der Waals surface area contributed by atoms with Crippen molar-refractivity contribution in [3.63, 3.8) is 0 Å². The molecule has 0 aromatic heterocycles. The van der Waals surface area contributed by atoms with Gasteiger partial charge in [0.2, 0.25) is 0 Å². The third-order valence-electron chi connectivity index (χ3n) is 5.20. The van der Waals surface area contributed by atoms with Crippen LogP contribution in [0.3, 0.4) is 0 Å². The molecule has 1 aliphatic carbocycles. The van der Waals surface area contributed by atoms with Crippen LogP contribution in [-0.2, 0) is 0 Å². The van der Waals surface area contributed by atoms with Crippen molar-refractivity contribution >= 4 is 0 Å². The summed E-state index contributed by atoms with van der Waals surface area (Å²) in [6, 6.07) is 1.54. The lowest BCUT2D eigenvalue weighted by Crippen LogP contribution is -2.46. The topological polar surface area (TPSA) is 15.3 Å². The Balaban J connectivity index is 1.65. The molecule has 106 valence electrons. The average molecular weight is 252 g/mol. The molecule has 0 amide bonds. The van der Waals surface area contributed by atoms with Crippen molar-refractivity contribution in [1.82, 2.24) is 10.2 Å². The summed E-state index contributed by atoms with van der Waals surface area (Å²) >= 11 is 0. The summed E-state index contributed by atoms with van der Waals surface area (Å²) < 4.78 is 0. The van der Waals surface area contributed by atoms with Gasteiger partial charge in [0.05, 0.1) is 0 Å². The van der Waals surface area contributed by atoms with Crippen molar-refractivity contribution in [2.45, 2.75) is 71.4 Å². The van der Waals surface area contributed by atoms with Crippen molar-refractivity contribution in [3.8, 4) is 0 Å². The molecule has 2 nitrogen and oxygen atoms in total. The molecule has 0 radical (unpaired) electrons. The van der Waals surface area contributed by atoms with E-state index in [0.29, 0.717) is 0 Å². The average Bonchev–Trinajstić information content (AvgIpc) is 2.89. The summed E-state index contributed by atoms with van der Waals surface area (Å²) in [5.74, 6) is 1.84. The zero-order valence-electron chi connectivity index (χ0n) is 12.6. The maximum atomic E-state index is 3.77. The number of piperidine rings is 1. The summed E-state index contributed by atoms with van der Waals surface area (Å²) in [5, 5.41) is 3.77. The Hall–Kier alpha value is -0.0800. The van der Waals surface area contributed by atoms with E-state index in [1.807, 2.05) is 0 Å². The molecule has 1 heterocycles. The fourth-order valence-electron chi connectivity index (χ4n) is 3.62. The van der Waals surface area contributed by atoms with Crippen LogP contribution in [-0.4, -0.2) is 36.6 Å². The third-order valence-corrected chi connectivity index (χ3v) is 5.20. The zero-order valence-corrected chi connectivity index (χ0v) is 12.6. The summed E-state index contributed by atoms with van der Waals surface area (Å²) in [4.78, 5) is 2.70. The van der Waals surface area contributed by atoms with Crippen molar-refractivity contribution in [1.29, 1.82) is 0 Å². The molecule has 1 saturated carbocycles. The van der Waals surface area contributed by atoms with E-state index in [4.69, 9.17) is 0 Å². The molecule has 0 bridgehead atoms. The highest BCUT2D eigenvalue weighted by Crippen LogP contribution is 2.25. The van der Waals surface area contributed by atoms with Crippen LogP contribution in [0, 0.1) is 11.8 Å².